The number of anilines is 2. The first-order valence-electron chi connectivity index (χ1n) is 9.22. The van der Waals surface area contributed by atoms with E-state index in [1.165, 1.54) is 11.8 Å². The molecule has 3 aromatic carbocycles. The average molecular weight is 420 g/mol. The number of hydrogen-bond acceptors (Lipinski definition) is 4. The van der Waals surface area contributed by atoms with E-state index in [0.29, 0.717) is 16.9 Å². The largest absolute Gasteiger partial charge is 0.366 e. The van der Waals surface area contributed by atoms with Gasteiger partial charge in [0.05, 0.1) is 17.0 Å². The normalized spacial score (nSPS) is 10.3. The number of hydrogen-bond donors (Lipinski definition) is 3. The number of nitrogens with one attached hydrogen (secondary N) is 2. The van der Waals surface area contributed by atoms with Crippen LogP contribution in [0.5, 0.6) is 0 Å². The van der Waals surface area contributed by atoms with Crippen LogP contribution < -0.4 is 16.4 Å². The quantitative estimate of drug-likeness (QED) is 0.502. The van der Waals surface area contributed by atoms with Crippen LogP contribution in [-0.4, -0.2) is 23.5 Å². The second-order valence-corrected chi connectivity index (χ2v) is 7.59. The zero-order chi connectivity index (χ0) is 21.5. The van der Waals surface area contributed by atoms with E-state index in [1.54, 1.807) is 36.4 Å². The van der Waals surface area contributed by atoms with Gasteiger partial charge in [-0.1, -0.05) is 36.4 Å². The number of carbonyl (C=O) groups is 3. The molecule has 0 aromatic heterocycles. The standard InChI is InChI=1S/C23H21N3O3S/c1-15-7-2-3-10-18(15)23(29)25-16-8-6-9-17(13-16)30-14-21(27)26-20-12-5-4-11-19(20)22(24)28/h2-13H,14H2,1H3,(H2,24,28)(H,25,29)(H,26,27). The molecule has 4 N–H and O–H groups in total. The van der Waals surface area contributed by atoms with Gasteiger partial charge in [-0.05, 0) is 48.9 Å². The molecule has 0 heterocycles. The number of aryl methyl sites for hydroxylation is 1. The van der Waals surface area contributed by atoms with Crippen LogP contribution in [0.4, 0.5) is 11.4 Å². The molecule has 0 saturated heterocycles. The Morgan fingerprint density at radius 1 is 0.867 bits per heavy atom. The van der Waals surface area contributed by atoms with Crippen molar-refractivity contribution in [1.29, 1.82) is 0 Å². The Morgan fingerprint density at radius 3 is 2.30 bits per heavy atom. The van der Waals surface area contributed by atoms with Crippen molar-refractivity contribution in [3.63, 3.8) is 0 Å². The van der Waals surface area contributed by atoms with E-state index in [9.17, 15) is 14.4 Å². The number of primary amides is 1. The van der Waals surface area contributed by atoms with Gasteiger partial charge in [0.25, 0.3) is 11.8 Å². The third kappa shape index (κ3) is 5.48. The summed E-state index contributed by atoms with van der Waals surface area (Å²) in [6.07, 6.45) is 0. The first-order valence-corrected chi connectivity index (χ1v) is 10.2. The van der Waals surface area contributed by atoms with Crippen LogP contribution in [-0.2, 0) is 4.79 Å². The molecule has 0 bridgehead atoms. The van der Waals surface area contributed by atoms with Crippen LogP contribution in [0.3, 0.4) is 0 Å². The summed E-state index contributed by atoms with van der Waals surface area (Å²) in [6.45, 7) is 1.89. The molecule has 3 rings (SSSR count). The van der Waals surface area contributed by atoms with Crippen LogP contribution >= 0.6 is 11.8 Å². The molecule has 0 atom stereocenters. The highest BCUT2D eigenvalue weighted by Gasteiger charge is 2.12. The number of nitrogens with two attached hydrogens (primary N) is 1. The van der Waals surface area contributed by atoms with Gasteiger partial charge in [-0.25, -0.2) is 0 Å². The molecule has 0 saturated carbocycles. The van der Waals surface area contributed by atoms with Crippen molar-refractivity contribution in [1.82, 2.24) is 0 Å². The van der Waals surface area contributed by atoms with Crippen molar-refractivity contribution in [3.05, 3.63) is 89.5 Å². The smallest absolute Gasteiger partial charge is 0.255 e. The van der Waals surface area contributed by atoms with E-state index < -0.39 is 5.91 Å². The maximum atomic E-state index is 12.5. The first kappa shape index (κ1) is 21.1. The molecule has 7 heteroatoms. The highest BCUT2D eigenvalue weighted by molar-refractivity contribution is 8.00. The number of amides is 3. The van der Waals surface area contributed by atoms with Crippen molar-refractivity contribution in [3.8, 4) is 0 Å². The Morgan fingerprint density at radius 2 is 1.57 bits per heavy atom. The predicted octanol–water partition coefficient (Wildman–Crippen LogP) is 4.08. The highest BCUT2D eigenvalue weighted by atomic mass is 32.2. The predicted molar refractivity (Wildman–Crippen MR) is 120 cm³/mol. The third-order valence-electron chi connectivity index (χ3n) is 4.32. The SMILES string of the molecule is Cc1ccccc1C(=O)Nc1cccc(SCC(=O)Nc2ccccc2C(N)=O)c1. The van der Waals surface area contributed by atoms with E-state index in [4.69, 9.17) is 5.73 Å². The van der Waals surface area contributed by atoms with E-state index in [-0.39, 0.29) is 23.1 Å². The number of para-hydroxylation sites is 1. The maximum absolute atomic E-state index is 12.5. The summed E-state index contributed by atoms with van der Waals surface area (Å²) in [7, 11) is 0. The maximum Gasteiger partial charge on any atom is 0.255 e. The summed E-state index contributed by atoms with van der Waals surface area (Å²) in [6, 6.07) is 21.2. The number of thioether (sulfide) groups is 1. The van der Waals surface area contributed by atoms with Gasteiger partial charge in [0.15, 0.2) is 0 Å². The monoisotopic (exact) mass is 419 g/mol. The van der Waals surface area contributed by atoms with Crippen molar-refractivity contribution in [2.24, 2.45) is 5.73 Å². The van der Waals surface area contributed by atoms with Gasteiger partial charge in [0.1, 0.15) is 0 Å². The van der Waals surface area contributed by atoms with Gasteiger partial charge in [-0.2, -0.15) is 0 Å². The van der Waals surface area contributed by atoms with E-state index in [2.05, 4.69) is 10.6 Å². The molecule has 0 aliphatic heterocycles. The molecule has 3 amide bonds. The Kier molecular flexibility index (Phi) is 6.87. The van der Waals surface area contributed by atoms with Gasteiger partial charge in [0, 0.05) is 16.1 Å². The molecule has 30 heavy (non-hydrogen) atoms. The van der Waals surface area contributed by atoms with Gasteiger partial charge in [0.2, 0.25) is 5.91 Å². The molecule has 0 aliphatic rings. The van der Waals surface area contributed by atoms with Gasteiger partial charge in [-0.3, -0.25) is 14.4 Å². The fourth-order valence-corrected chi connectivity index (χ4v) is 3.59. The summed E-state index contributed by atoms with van der Waals surface area (Å²) in [5.74, 6) is -0.905. The molecule has 6 nitrogen and oxygen atoms in total. The summed E-state index contributed by atoms with van der Waals surface area (Å²) in [5, 5.41) is 5.59. The van der Waals surface area contributed by atoms with Gasteiger partial charge >= 0.3 is 0 Å². The Bertz CT molecular complexity index is 1100. The molecule has 0 radical (unpaired) electrons. The van der Waals surface area contributed by atoms with E-state index >= 15 is 0 Å². The minimum atomic E-state index is -0.601. The van der Waals surface area contributed by atoms with Crippen molar-refractivity contribution < 1.29 is 14.4 Å². The Labute approximate surface area is 178 Å². The minimum Gasteiger partial charge on any atom is -0.366 e. The first-order chi connectivity index (χ1) is 14.4. The molecule has 0 aliphatic carbocycles. The average Bonchev–Trinajstić information content (AvgIpc) is 2.73. The molecule has 3 aromatic rings. The fourth-order valence-electron chi connectivity index (χ4n) is 2.83. The number of carbonyl (C=O) groups excluding carboxylic acids is 3. The summed E-state index contributed by atoms with van der Waals surface area (Å²) in [5.41, 5.74) is 8.13. The van der Waals surface area contributed by atoms with Crippen LogP contribution in [0.1, 0.15) is 26.3 Å². The second kappa shape index (κ2) is 9.76. The lowest BCUT2D eigenvalue weighted by Gasteiger charge is -2.10. The van der Waals surface area contributed by atoms with Crippen LogP contribution in [0, 0.1) is 6.92 Å². The van der Waals surface area contributed by atoms with Crippen molar-refractivity contribution >= 4 is 40.9 Å². The molecule has 0 unspecified atom stereocenters. The molecule has 0 spiro atoms. The molecular weight excluding hydrogens is 398 g/mol. The summed E-state index contributed by atoms with van der Waals surface area (Å²) < 4.78 is 0. The number of rotatable bonds is 7. The van der Waals surface area contributed by atoms with Crippen LogP contribution in [0.15, 0.2) is 77.7 Å². The Balaban J connectivity index is 1.60. The highest BCUT2D eigenvalue weighted by Crippen LogP contribution is 2.23. The zero-order valence-electron chi connectivity index (χ0n) is 16.3. The lowest BCUT2D eigenvalue weighted by atomic mass is 10.1. The topological polar surface area (TPSA) is 101 Å². The summed E-state index contributed by atoms with van der Waals surface area (Å²) in [4.78, 5) is 37.1. The second-order valence-electron chi connectivity index (χ2n) is 6.54. The summed E-state index contributed by atoms with van der Waals surface area (Å²) >= 11 is 1.32. The third-order valence-corrected chi connectivity index (χ3v) is 5.31. The van der Waals surface area contributed by atoms with E-state index in [1.807, 2.05) is 43.3 Å². The van der Waals surface area contributed by atoms with E-state index in [0.717, 1.165) is 10.5 Å². The minimum absolute atomic E-state index is 0.141. The van der Waals surface area contributed by atoms with Gasteiger partial charge in [-0.15, -0.1) is 11.8 Å². The number of benzene rings is 3. The molecular formula is C23H21N3O3S. The molecule has 152 valence electrons. The van der Waals surface area contributed by atoms with Crippen LogP contribution in [0.2, 0.25) is 0 Å². The lowest BCUT2D eigenvalue weighted by Crippen LogP contribution is -2.19. The lowest BCUT2D eigenvalue weighted by molar-refractivity contribution is -0.113. The van der Waals surface area contributed by atoms with Crippen molar-refractivity contribution in [2.75, 3.05) is 16.4 Å². The zero-order valence-corrected chi connectivity index (χ0v) is 17.2. The van der Waals surface area contributed by atoms with Crippen LogP contribution in [0.25, 0.3) is 0 Å². The Hall–Kier alpha value is -3.58. The molecule has 0 fully saturated rings. The van der Waals surface area contributed by atoms with Crippen molar-refractivity contribution in [2.45, 2.75) is 11.8 Å². The fraction of sp³-hybridized carbons (Fsp3) is 0.0870. The van der Waals surface area contributed by atoms with Gasteiger partial charge < -0.3 is 16.4 Å².